The Kier molecular flexibility index (Phi) is 4.31. The second kappa shape index (κ2) is 5.36. The van der Waals surface area contributed by atoms with Crippen molar-refractivity contribution in [2.45, 2.75) is 32.2 Å². The first-order valence-corrected chi connectivity index (χ1v) is 5.72. The van der Waals surface area contributed by atoms with Gasteiger partial charge in [-0.1, -0.05) is 13.8 Å². The van der Waals surface area contributed by atoms with E-state index in [1.807, 2.05) is 13.8 Å². The molecule has 0 fully saturated rings. The van der Waals surface area contributed by atoms with E-state index in [1.165, 1.54) is 6.92 Å². The fourth-order valence-electron chi connectivity index (χ4n) is 1.44. The Bertz CT molecular complexity index is 424. The number of hydrogen-bond donors (Lipinski definition) is 5. The number of nitrogen functional groups attached to an aromatic ring is 1. The second-order valence-electron chi connectivity index (χ2n) is 4.89. The van der Waals surface area contributed by atoms with Gasteiger partial charge in [-0.25, -0.2) is 0 Å². The average Bonchev–Trinajstić information content (AvgIpc) is 2.71. The summed E-state index contributed by atoms with van der Waals surface area (Å²) in [6.07, 6.45) is 0. The van der Waals surface area contributed by atoms with Gasteiger partial charge in [0.2, 0.25) is 0 Å². The molecule has 6 N–H and O–H groups in total. The molecular weight excluding hydrogens is 236 g/mol. The van der Waals surface area contributed by atoms with Gasteiger partial charge in [0.15, 0.2) is 5.69 Å². The number of rotatable bonds is 5. The maximum Gasteiger partial charge on any atom is 0.274 e. The molecule has 7 heteroatoms. The van der Waals surface area contributed by atoms with Gasteiger partial charge in [0.1, 0.15) is 0 Å². The number of nitrogens with zero attached hydrogens (tertiary/aromatic N) is 1. The number of hydrogen-bond acceptors (Lipinski definition) is 5. The van der Waals surface area contributed by atoms with E-state index in [0.717, 1.165) is 0 Å². The third-order valence-corrected chi connectivity index (χ3v) is 2.74. The zero-order valence-corrected chi connectivity index (χ0v) is 10.8. The van der Waals surface area contributed by atoms with Gasteiger partial charge in [-0.05, 0) is 12.8 Å². The standard InChI is InChI=1S/C11H20N4O3/c1-6(2)8-7(12)9(15-14-8)10(18)13-11(3,4-16)5-17/h6,16-17H,4-5,12H2,1-3H3,(H,13,18)(H,14,15). The number of carbonyl (C=O) groups excluding carboxylic acids is 1. The van der Waals surface area contributed by atoms with Crippen LogP contribution < -0.4 is 11.1 Å². The van der Waals surface area contributed by atoms with Crippen molar-refractivity contribution in [1.29, 1.82) is 0 Å². The number of carbonyl (C=O) groups is 1. The van der Waals surface area contributed by atoms with Crippen LogP contribution in [0.5, 0.6) is 0 Å². The van der Waals surface area contributed by atoms with Crippen LogP contribution in [0.2, 0.25) is 0 Å². The predicted molar refractivity (Wildman–Crippen MR) is 67.1 cm³/mol. The maximum absolute atomic E-state index is 11.9. The predicted octanol–water partition coefficient (Wildman–Crippen LogP) is -0.412. The lowest BCUT2D eigenvalue weighted by Crippen LogP contribution is -2.51. The zero-order chi connectivity index (χ0) is 13.9. The number of aliphatic hydroxyl groups excluding tert-OH is 2. The van der Waals surface area contributed by atoms with Crippen LogP contribution in [-0.4, -0.2) is 45.1 Å². The van der Waals surface area contributed by atoms with Crippen LogP contribution in [0.15, 0.2) is 0 Å². The molecule has 0 aliphatic heterocycles. The quantitative estimate of drug-likeness (QED) is 0.490. The summed E-state index contributed by atoms with van der Waals surface area (Å²) in [6, 6.07) is 0. The first kappa shape index (κ1) is 14.5. The molecule has 0 bridgehead atoms. The summed E-state index contributed by atoms with van der Waals surface area (Å²) in [7, 11) is 0. The summed E-state index contributed by atoms with van der Waals surface area (Å²) in [5.74, 6) is -0.401. The second-order valence-corrected chi connectivity index (χ2v) is 4.89. The van der Waals surface area contributed by atoms with Crippen molar-refractivity contribution in [1.82, 2.24) is 15.5 Å². The van der Waals surface area contributed by atoms with E-state index in [-0.39, 0.29) is 24.8 Å². The number of aliphatic hydroxyl groups is 2. The van der Waals surface area contributed by atoms with E-state index in [2.05, 4.69) is 15.5 Å². The maximum atomic E-state index is 11.9. The van der Waals surface area contributed by atoms with Gasteiger partial charge in [0.05, 0.1) is 30.1 Å². The van der Waals surface area contributed by atoms with E-state index in [0.29, 0.717) is 11.4 Å². The number of amides is 1. The molecule has 1 aromatic heterocycles. The lowest BCUT2D eigenvalue weighted by Gasteiger charge is -2.25. The van der Waals surface area contributed by atoms with Crippen LogP contribution in [0, 0.1) is 0 Å². The number of nitrogens with two attached hydrogens (primary N) is 1. The molecule has 102 valence electrons. The van der Waals surface area contributed by atoms with Crippen molar-refractivity contribution in [3.8, 4) is 0 Å². The Morgan fingerprint density at radius 2 is 2.06 bits per heavy atom. The lowest BCUT2D eigenvalue weighted by molar-refractivity contribution is 0.0720. The van der Waals surface area contributed by atoms with Crippen LogP contribution in [0.4, 0.5) is 5.69 Å². The van der Waals surface area contributed by atoms with Crippen molar-refractivity contribution in [2.24, 2.45) is 0 Å². The number of nitrogens with one attached hydrogen (secondary N) is 2. The van der Waals surface area contributed by atoms with Crippen molar-refractivity contribution >= 4 is 11.6 Å². The summed E-state index contributed by atoms with van der Waals surface area (Å²) in [5, 5.41) is 27.3. The fourth-order valence-corrected chi connectivity index (χ4v) is 1.44. The topological polar surface area (TPSA) is 124 Å². The smallest absolute Gasteiger partial charge is 0.274 e. The van der Waals surface area contributed by atoms with E-state index in [9.17, 15) is 4.79 Å². The Balaban J connectivity index is 2.92. The summed E-state index contributed by atoms with van der Waals surface area (Å²) in [4.78, 5) is 11.9. The molecule has 18 heavy (non-hydrogen) atoms. The molecule has 1 amide bonds. The molecule has 0 spiro atoms. The van der Waals surface area contributed by atoms with Crippen molar-refractivity contribution in [3.05, 3.63) is 11.4 Å². The molecule has 0 aliphatic rings. The Morgan fingerprint density at radius 1 is 1.50 bits per heavy atom. The van der Waals surface area contributed by atoms with Gasteiger partial charge in [0, 0.05) is 0 Å². The molecule has 0 aliphatic carbocycles. The molecule has 1 rings (SSSR count). The Hall–Kier alpha value is -1.60. The Labute approximate surface area is 105 Å². The van der Waals surface area contributed by atoms with Crippen LogP contribution in [-0.2, 0) is 0 Å². The van der Waals surface area contributed by atoms with E-state index >= 15 is 0 Å². The number of aromatic amines is 1. The fraction of sp³-hybridized carbons (Fsp3) is 0.636. The van der Waals surface area contributed by atoms with Crippen LogP contribution in [0.3, 0.4) is 0 Å². The largest absolute Gasteiger partial charge is 0.395 e. The van der Waals surface area contributed by atoms with E-state index < -0.39 is 11.4 Å². The molecule has 0 saturated heterocycles. The van der Waals surface area contributed by atoms with Crippen molar-refractivity contribution < 1.29 is 15.0 Å². The number of aromatic nitrogens is 2. The number of anilines is 1. The van der Waals surface area contributed by atoms with Crippen LogP contribution in [0.25, 0.3) is 0 Å². The molecule has 0 aromatic carbocycles. The number of H-pyrrole nitrogens is 1. The van der Waals surface area contributed by atoms with Gasteiger partial charge in [-0.15, -0.1) is 0 Å². The highest BCUT2D eigenvalue weighted by atomic mass is 16.3. The lowest BCUT2D eigenvalue weighted by atomic mass is 10.0. The monoisotopic (exact) mass is 256 g/mol. The van der Waals surface area contributed by atoms with Gasteiger partial charge < -0.3 is 21.3 Å². The zero-order valence-electron chi connectivity index (χ0n) is 10.8. The summed E-state index contributed by atoms with van der Waals surface area (Å²) in [5.41, 5.74) is 5.79. The average molecular weight is 256 g/mol. The third-order valence-electron chi connectivity index (χ3n) is 2.74. The van der Waals surface area contributed by atoms with Crippen molar-refractivity contribution in [2.75, 3.05) is 18.9 Å². The van der Waals surface area contributed by atoms with Crippen LogP contribution in [0.1, 0.15) is 42.9 Å². The molecular formula is C11H20N4O3. The minimum Gasteiger partial charge on any atom is -0.395 e. The van der Waals surface area contributed by atoms with Gasteiger partial charge in [0.25, 0.3) is 5.91 Å². The minimum atomic E-state index is -1.10. The van der Waals surface area contributed by atoms with E-state index in [1.54, 1.807) is 0 Å². The normalized spacial score (nSPS) is 11.9. The third kappa shape index (κ3) is 2.80. The summed E-state index contributed by atoms with van der Waals surface area (Å²) in [6.45, 7) is 4.62. The summed E-state index contributed by atoms with van der Waals surface area (Å²) < 4.78 is 0. The summed E-state index contributed by atoms with van der Waals surface area (Å²) >= 11 is 0. The van der Waals surface area contributed by atoms with Gasteiger partial charge in [-0.3, -0.25) is 9.89 Å². The first-order chi connectivity index (χ1) is 8.34. The molecule has 0 unspecified atom stereocenters. The SMILES string of the molecule is CC(C)c1[nH]nc(C(=O)NC(C)(CO)CO)c1N. The molecule has 0 atom stereocenters. The molecule has 1 heterocycles. The Morgan fingerprint density at radius 3 is 2.44 bits per heavy atom. The highest BCUT2D eigenvalue weighted by Gasteiger charge is 2.28. The first-order valence-electron chi connectivity index (χ1n) is 5.72. The molecule has 7 nitrogen and oxygen atoms in total. The van der Waals surface area contributed by atoms with E-state index in [4.69, 9.17) is 15.9 Å². The van der Waals surface area contributed by atoms with Crippen molar-refractivity contribution in [3.63, 3.8) is 0 Å². The van der Waals surface area contributed by atoms with Gasteiger partial charge in [-0.2, -0.15) is 5.10 Å². The highest BCUT2D eigenvalue weighted by molar-refractivity contribution is 5.98. The minimum absolute atomic E-state index is 0.0758. The molecule has 1 aromatic rings. The molecule has 0 saturated carbocycles. The van der Waals surface area contributed by atoms with Gasteiger partial charge >= 0.3 is 0 Å². The molecule has 0 radical (unpaired) electrons. The highest BCUT2D eigenvalue weighted by Crippen LogP contribution is 2.22. The van der Waals surface area contributed by atoms with Crippen LogP contribution >= 0.6 is 0 Å².